The molecule has 2 amide bonds. The van der Waals surface area contributed by atoms with Crippen molar-refractivity contribution < 1.29 is 14.3 Å². The molecule has 0 aliphatic heterocycles. The number of benzene rings is 1. The second-order valence-corrected chi connectivity index (χ2v) is 5.10. The number of carbonyl (C=O) groups is 1. The number of aliphatic hydroxyl groups excluding tert-OH is 1. The first-order valence-corrected chi connectivity index (χ1v) is 6.83. The van der Waals surface area contributed by atoms with Crippen molar-refractivity contribution in [2.75, 3.05) is 6.61 Å². The number of nitrogens with one attached hydrogen (secondary N) is 2. The van der Waals surface area contributed by atoms with Crippen LogP contribution in [0.5, 0.6) is 0 Å². The maximum atomic E-state index is 13.6. The van der Waals surface area contributed by atoms with Crippen molar-refractivity contribution in [3.8, 4) is 0 Å². The third kappa shape index (κ3) is 4.20. The van der Waals surface area contributed by atoms with E-state index in [1.807, 2.05) is 13.8 Å². The van der Waals surface area contributed by atoms with Gasteiger partial charge in [-0.15, -0.1) is 0 Å². The molecule has 112 valence electrons. The van der Waals surface area contributed by atoms with Crippen LogP contribution in [0.2, 0.25) is 0 Å². The Labute approximate surface area is 119 Å². The van der Waals surface area contributed by atoms with Gasteiger partial charge in [0.25, 0.3) is 0 Å². The average molecular weight is 282 g/mol. The molecule has 0 radical (unpaired) electrons. The summed E-state index contributed by atoms with van der Waals surface area (Å²) in [6.07, 6.45) is 0.660. The van der Waals surface area contributed by atoms with Gasteiger partial charge in [0.15, 0.2) is 0 Å². The van der Waals surface area contributed by atoms with Crippen LogP contribution in [0.3, 0.4) is 0 Å². The summed E-state index contributed by atoms with van der Waals surface area (Å²) in [5, 5.41) is 14.5. The van der Waals surface area contributed by atoms with Crippen molar-refractivity contribution in [3.63, 3.8) is 0 Å². The lowest BCUT2D eigenvalue weighted by atomic mass is 10.0. The second kappa shape index (κ2) is 7.24. The van der Waals surface area contributed by atoms with Crippen LogP contribution in [0.4, 0.5) is 9.18 Å². The summed E-state index contributed by atoms with van der Waals surface area (Å²) in [5.74, 6) is -0.211. The van der Waals surface area contributed by atoms with E-state index in [0.717, 1.165) is 5.56 Å². The summed E-state index contributed by atoms with van der Waals surface area (Å²) in [4.78, 5) is 11.8. The van der Waals surface area contributed by atoms with Gasteiger partial charge in [0.2, 0.25) is 0 Å². The number of amides is 2. The van der Waals surface area contributed by atoms with Crippen LogP contribution in [0.25, 0.3) is 0 Å². The van der Waals surface area contributed by atoms with Gasteiger partial charge in [-0.2, -0.15) is 0 Å². The van der Waals surface area contributed by atoms with E-state index < -0.39 is 0 Å². The third-order valence-corrected chi connectivity index (χ3v) is 3.35. The van der Waals surface area contributed by atoms with E-state index in [2.05, 4.69) is 10.6 Å². The highest BCUT2D eigenvalue weighted by molar-refractivity contribution is 5.74. The Kier molecular flexibility index (Phi) is 5.95. The normalized spacial score (nSPS) is 13.7. The maximum Gasteiger partial charge on any atom is 0.315 e. The summed E-state index contributed by atoms with van der Waals surface area (Å²) in [6, 6.07) is 2.65. The minimum Gasteiger partial charge on any atom is -0.394 e. The van der Waals surface area contributed by atoms with E-state index in [4.69, 9.17) is 5.11 Å². The number of urea groups is 1. The Morgan fingerprint density at radius 3 is 2.30 bits per heavy atom. The van der Waals surface area contributed by atoms with Crippen LogP contribution in [-0.2, 0) is 0 Å². The smallest absolute Gasteiger partial charge is 0.315 e. The third-order valence-electron chi connectivity index (χ3n) is 3.35. The number of aryl methyl sites for hydroxylation is 2. The zero-order valence-electron chi connectivity index (χ0n) is 12.5. The van der Waals surface area contributed by atoms with Crippen molar-refractivity contribution in [1.29, 1.82) is 0 Å². The van der Waals surface area contributed by atoms with E-state index >= 15 is 0 Å². The molecule has 0 bridgehead atoms. The van der Waals surface area contributed by atoms with E-state index in [1.54, 1.807) is 26.0 Å². The van der Waals surface area contributed by atoms with Gasteiger partial charge < -0.3 is 15.7 Å². The molecule has 0 aromatic heterocycles. The zero-order valence-corrected chi connectivity index (χ0v) is 12.5. The molecule has 0 saturated heterocycles. The number of hydrogen-bond acceptors (Lipinski definition) is 2. The molecule has 2 unspecified atom stereocenters. The summed E-state index contributed by atoms with van der Waals surface area (Å²) >= 11 is 0. The van der Waals surface area contributed by atoms with Crippen LogP contribution in [-0.4, -0.2) is 23.8 Å². The van der Waals surface area contributed by atoms with Gasteiger partial charge >= 0.3 is 6.03 Å². The lowest BCUT2D eigenvalue weighted by Crippen LogP contribution is -2.44. The van der Waals surface area contributed by atoms with Gasteiger partial charge in [0.05, 0.1) is 18.7 Å². The predicted molar refractivity (Wildman–Crippen MR) is 77.1 cm³/mol. The zero-order chi connectivity index (χ0) is 15.3. The molecule has 2 atom stereocenters. The summed E-state index contributed by atoms with van der Waals surface area (Å²) in [6.45, 7) is 7.05. The Balaban J connectivity index is 2.71. The highest BCUT2D eigenvalue weighted by Crippen LogP contribution is 2.19. The number of hydrogen-bond donors (Lipinski definition) is 3. The predicted octanol–water partition coefficient (Wildman–Crippen LogP) is 2.57. The molecule has 0 spiro atoms. The molecule has 0 heterocycles. The van der Waals surface area contributed by atoms with Gasteiger partial charge in [-0.3, -0.25) is 0 Å². The van der Waals surface area contributed by atoms with Crippen LogP contribution >= 0.6 is 0 Å². The fourth-order valence-electron chi connectivity index (χ4n) is 2.01. The molecule has 4 nitrogen and oxygen atoms in total. The Hall–Kier alpha value is -1.62. The largest absolute Gasteiger partial charge is 0.394 e. The maximum absolute atomic E-state index is 13.6. The minimum atomic E-state index is -0.335. The molecule has 20 heavy (non-hydrogen) atoms. The molecule has 0 aliphatic rings. The van der Waals surface area contributed by atoms with Crippen molar-refractivity contribution in [2.45, 2.75) is 46.2 Å². The average Bonchev–Trinajstić information content (AvgIpc) is 2.41. The van der Waals surface area contributed by atoms with E-state index in [9.17, 15) is 9.18 Å². The Morgan fingerprint density at radius 2 is 1.85 bits per heavy atom. The van der Waals surface area contributed by atoms with Crippen LogP contribution in [0.15, 0.2) is 12.1 Å². The van der Waals surface area contributed by atoms with Gasteiger partial charge in [-0.05, 0) is 43.9 Å². The number of halogens is 1. The molecule has 0 fully saturated rings. The first-order valence-electron chi connectivity index (χ1n) is 6.83. The molecule has 1 aromatic carbocycles. The van der Waals surface area contributed by atoms with Gasteiger partial charge in [-0.25, -0.2) is 9.18 Å². The SMILES string of the molecule is CCC(CO)NC(=O)NC(C)c1cc(C)c(F)c(C)c1. The fraction of sp³-hybridized carbons (Fsp3) is 0.533. The molecule has 1 aromatic rings. The van der Waals surface area contributed by atoms with Gasteiger partial charge in [0, 0.05) is 0 Å². The topological polar surface area (TPSA) is 61.4 Å². The molecule has 0 saturated carbocycles. The number of carbonyl (C=O) groups excluding carboxylic acids is 1. The van der Waals surface area contributed by atoms with E-state index in [1.165, 1.54) is 0 Å². The lowest BCUT2D eigenvalue weighted by Gasteiger charge is -2.19. The first-order chi connectivity index (χ1) is 9.38. The highest BCUT2D eigenvalue weighted by atomic mass is 19.1. The Morgan fingerprint density at radius 1 is 1.30 bits per heavy atom. The monoisotopic (exact) mass is 282 g/mol. The fourth-order valence-corrected chi connectivity index (χ4v) is 2.01. The molecule has 0 aliphatic carbocycles. The quantitative estimate of drug-likeness (QED) is 0.777. The minimum absolute atomic E-state index is 0.0902. The molecular formula is C15H23FN2O2. The molecule has 1 rings (SSSR count). The van der Waals surface area contributed by atoms with E-state index in [-0.39, 0.29) is 30.5 Å². The van der Waals surface area contributed by atoms with Crippen LogP contribution in [0, 0.1) is 19.7 Å². The van der Waals surface area contributed by atoms with Crippen LogP contribution < -0.4 is 10.6 Å². The molecule has 5 heteroatoms. The van der Waals surface area contributed by atoms with Crippen LogP contribution in [0.1, 0.15) is 43.0 Å². The Bertz CT molecular complexity index is 450. The first kappa shape index (κ1) is 16.4. The van der Waals surface area contributed by atoms with Crippen molar-refractivity contribution in [3.05, 3.63) is 34.6 Å². The standard InChI is InChI=1S/C15H23FN2O2/c1-5-13(8-19)18-15(20)17-11(4)12-6-9(2)14(16)10(3)7-12/h6-7,11,13,19H,5,8H2,1-4H3,(H2,17,18,20). The highest BCUT2D eigenvalue weighted by Gasteiger charge is 2.14. The molecule has 3 N–H and O–H groups in total. The summed E-state index contributed by atoms with van der Waals surface area (Å²) < 4.78 is 13.6. The van der Waals surface area contributed by atoms with Crippen molar-refractivity contribution >= 4 is 6.03 Å². The summed E-state index contributed by atoms with van der Waals surface area (Å²) in [7, 11) is 0. The van der Waals surface area contributed by atoms with Gasteiger partial charge in [0.1, 0.15) is 5.82 Å². The summed E-state index contributed by atoms with van der Waals surface area (Å²) in [5.41, 5.74) is 1.99. The van der Waals surface area contributed by atoms with Crippen molar-refractivity contribution in [2.24, 2.45) is 0 Å². The van der Waals surface area contributed by atoms with Gasteiger partial charge in [-0.1, -0.05) is 19.1 Å². The van der Waals surface area contributed by atoms with E-state index in [0.29, 0.717) is 17.5 Å². The number of rotatable bonds is 5. The lowest BCUT2D eigenvalue weighted by molar-refractivity contribution is 0.212. The van der Waals surface area contributed by atoms with Crippen molar-refractivity contribution in [1.82, 2.24) is 10.6 Å². The molecular weight excluding hydrogens is 259 g/mol. The second-order valence-electron chi connectivity index (χ2n) is 5.10. The number of aliphatic hydroxyl groups is 1.